The third-order valence-electron chi connectivity index (χ3n) is 6.75. The summed E-state index contributed by atoms with van der Waals surface area (Å²) in [4.78, 5) is 34.5. The fourth-order valence-corrected chi connectivity index (χ4v) is 5.66. The number of aryl methyl sites for hydroxylation is 1. The second kappa shape index (κ2) is 9.11. The van der Waals surface area contributed by atoms with Crippen molar-refractivity contribution in [1.29, 1.82) is 0 Å². The number of anilines is 2. The molecule has 12 heteroatoms. The van der Waals surface area contributed by atoms with Gasteiger partial charge in [-0.05, 0) is 69.9 Å². The van der Waals surface area contributed by atoms with Gasteiger partial charge in [0.15, 0.2) is 11.9 Å². The molecule has 3 atom stereocenters. The maximum Gasteiger partial charge on any atom is 0.416 e. The Kier molecular flexibility index (Phi) is 6.46. The van der Waals surface area contributed by atoms with Crippen LogP contribution in [0.5, 0.6) is 0 Å². The Morgan fingerprint density at radius 1 is 1.16 bits per heavy atom. The molecule has 0 saturated carbocycles. The van der Waals surface area contributed by atoms with Gasteiger partial charge in [-0.3, -0.25) is 14.5 Å². The number of hydrogen-bond donors (Lipinski definition) is 0. The first-order chi connectivity index (χ1) is 17.3. The number of fused-ring (bicyclic) bond motifs is 2. The van der Waals surface area contributed by atoms with E-state index in [1.807, 2.05) is 0 Å². The molecule has 0 spiro atoms. The minimum Gasteiger partial charge on any atom is -0.341 e. The molecule has 37 heavy (non-hydrogen) atoms. The maximum atomic E-state index is 14.2. The molecule has 0 aliphatic carbocycles. The van der Waals surface area contributed by atoms with Gasteiger partial charge in [0.2, 0.25) is 0 Å². The molecule has 3 aliphatic rings. The summed E-state index contributed by atoms with van der Waals surface area (Å²) in [5, 5.41) is 0.693. The van der Waals surface area contributed by atoms with Crippen molar-refractivity contribution in [1.82, 2.24) is 4.98 Å². The Morgan fingerprint density at radius 2 is 1.89 bits per heavy atom. The lowest BCUT2D eigenvalue weighted by Gasteiger charge is -2.33. The number of carbonyl (C=O) groups excluding carboxylic acids is 2. The molecule has 2 saturated heterocycles. The van der Waals surface area contributed by atoms with Crippen LogP contribution in [0.1, 0.15) is 43.5 Å². The fourth-order valence-electron chi connectivity index (χ4n) is 5.23. The van der Waals surface area contributed by atoms with Gasteiger partial charge in [0.25, 0.3) is 11.8 Å². The third-order valence-corrected chi connectivity index (χ3v) is 7.60. The zero-order valence-electron chi connectivity index (χ0n) is 20.2. The highest BCUT2D eigenvalue weighted by atomic mass is 35.5. The third kappa shape index (κ3) is 4.58. The van der Waals surface area contributed by atoms with Crippen LogP contribution in [0.15, 0.2) is 24.3 Å². The largest absolute Gasteiger partial charge is 0.416 e. The standard InChI is InChI=1S/C25H24Cl2F3N3O4/c1-12-10-13(25(28,29)30)11-17(31-12)33-19(20-21(23(33)35)37-24(2,3)36-20)22(34)32-9-5-4-6-14-16(32)8-7-15(26)18(14)27/h7-8,10-11,19-21H,4-6,9H2,1-3H3/t19-,20-,21-/m0/s1. The Balaban J connectivity index is 1.63. The topological polar surface area (TPSA) is 72.0 Å². The molecule has 0 bridgehead atoms. The number of alkyl halides is 3. The predicted octanol–water partition coefficient (Wildman–Crippen LogP) is 5.32. The van der Waals surface area contributed by atoms with Gasteiger partial charge in [-0.25, -0.2) is 4.98 Å². The van der Waals surface area contributed by atoms with Crippen LogP contribution in [-0.2, 0) is 31.7 Å². The average molecular weight is 558 g/mol. The lowest BCUT2D eigenvalue weighted by molar-refractivity contribution is -0.161. The van der Waals surface area contributed by atoms with Crippen LogP contribution < -0.4 is 9.80 Å². The van der Waals surface area contributed by atoms with Gasteiger partial charge < -0.3 is 14.4 Å². The van der Waals surface area contributed by atoms with E-state index in [9.17, 15) is 22.8 Å². The van der Waals surface area contributed by atoms with Crippen molar-refractivity contribution in [2.24, 2.45) is 0 Å². The second-order valence-corrected chi connectivity index (χ2v) is 10.6. The fraction of sp³-hybridized carbons (Fsp3) is 0.480. The summed E-state index contributed by atoms with van der Waals surface area (Å²) in [6, 6.07) is 3.62. The Morgan fingerprint density at radius 3 is 2.59 bits per heavy atom. The van der Waals surface area contributed by atoms with Crippen molar-refractivity contribution in [3.63, 3.8) is 0 Å². The first-order valence-electron chi connectivity index (χ1n) is 11.8. The monoisotopic (exact) mass is 557 g/mol. The Labute approximate surface area is 221 Å². The number of aromatic nitrogens is 1. The van der Waals surface area contributed by atoms with Crippen LogP contribution in [0.3, 0.4) is 0 Å². The van der Waals surface area contributed by atoms with Crippen molar-refractivity contribution in [2.45, 2.75) is 70.2 Å². The number of amides is 2. The van der Waals surface area contributed by atoms with E-state index in [2.05, 4.69) is 4.98 Å². The minimum atomic E-state index is -4.67. The molecule has 5 rings (SSSR count). The molecule has 4 heterocycles. The normalized spacial score (nSPS) is 25.2. The van der Waals surface area contributed by atoms with Crippen molar-refractivity contribution < 1.29 is 32.2 Å². The molecule has 3 aliphatic heterocycles. The summed E-state index contributed by atoms with van der Waals surface area (Å²) in [7, 11) is 0. The average Bonchev–Trinajstić information content (AvgIpc) is 3.14. The predicted molar refractivity (Wildman–Crippen MR) is 131 cm³/mol. The molecular formula is C25H24Cl2F3N3O4. The van der Waals surface area contributed by atoms with Crippen LogP contribution >= 0.6 is 23.2 Å². The lowest BCUT2D eigenvalue weighted by atomic mass is 10.1. The summed E-state index contributed by atoms with van der Waals surface area (Å²) in [5.41, 5.74) is 0.308. The van der Waals surface area contributed by atoms with Crippen molar-refractivity contribution in [3.8, 4) is 0 Å². The van der Waals surface area contributed by atoms with Gasteiger partial charge >= 0.3 is 6.18 Å². The summed E-state index contributed by atoms with van der Waals surface area (Å²) in [5.74, 6) is -2.68. The van der Waals surface area contributed by atoms with Gasteiger partial charge in [-0.2, -0.15) is 13.2 Å². The maximum absolute atomic E-state index is 14.2. The van der Waals surface area contributed by atoms with Crippen LogP contribution in [0, 0.1) is 6.92 Å². The number of carbonyl (C=O) groups is 2. The van der Waals surface area contributed by atoms with E-state index in [1.54, 1.807) is 26.0 Å². The van der Waals surface area contributed by atoms with E-state index >= 15 is 0 Å². The molecule has 2 aromatic rings. The van der Waals surface area contributed by atoms with Crippen LogP contribution in [0.25, 0.3) is 0 Å². The van der Waals surface area contributed by atoms with E-state index in [-0.39, 0.29) is 11.5 Å². The smallest absolute Gasteiger partial charge is 0.341 e. The Bertz CT molecular complexity index is 1290. The molecule has 0 N–H and O–H groups in total. The van der Waals surface area contributed by atoms with E-state index in [4.69, 9.17) is 32.7 Å². The van der Waals surface area contributed by atoms with Crippen LogP contribution in [0.2, 0.25) is 10.0 Å². The number of hydrogen-bond acceptors (Lipinski definition) is 5. The van der Waals surface area contributed by atoms with Gasteiger partial charge in [0.1, 0.15) is 18.0 Å². The summed E-state index contributed by atoms with van der Waals surface area (Å²) in [6.45, 7) is 4.93. The van der Waals surface area contributed by atoms with Crippen LogP contribution in [0.4, 0.5) is 24.7 Å². The van der Waals surface area contributed by atoms with E-state index in [1.165, 1.54) is 11.8 Å². The molecule has 0 unspecified atom stereocenters. The zero-order chi connectivity index (χ0) is 26.9. The molecule has 2 fully saturated rings. The number of nitrogens with zero attached hydrogens (tertiary/aromatic N) is 3. The number of halogens is 5. The lowest BCUT2D eigenvalue weighted by Crippen LogP contribution is -2.52. The van der Waals surface area contributed by atoms with E-state index in [0.717, 1.165) is 23.5 Å². The molecule has 7 nitrogen and oxygen atoms in total. The summed E-state index contributed by atoms with van der Waals surface area (Å²) >= 11 is 12.7. The van der Waals surface area contributed by atoms with Crippen molar-refractivity contribution >= 4 is 46.5 Å². The number of pyridine rings is 1. The highest BCUT2D eigenvalue weighted by Gasteiger charge is 2.61. The highest BCUT2D eigenvalue weighted by molar-refractivity contribution is 6.42. The second-order valence-electron chi connectivity index (χ2n) is 9.83. The van der Waals surface area contributed by atoms with Crippen molar-refractivity contribution in [3.05, 3.63) is 51.1 Å². The first kappa shape index (κ1) is 26.2. The van der Waals surface area contributed by atoms with Gasteiger partial charge in [0, 0.05) is 17.9 Å². The minimum absolute atomic E-state index is 0.0459. The number of rotatable bonds is 2. The zero-order valence-corrected chi connectivity index (χ0v) is 21.7. The van der Waals surface area contributed by atoms with Crippen molar-refractivity contribution in [2.75, 3.05) is 16.3 Å². The molecule has 1 aromatic carbocycles. The van der Waals surface area contributed by atoms with E-state index < -0.39 is 47.6 Å². The number of ether oxygens (including phenoxy) is 2. The first-order valence-corrected chi connectivity index (χ1v) is 12.6. The summed E-state index contributed by atoms with van der Waals surface area (Å²) in [6.07, 6.45) is -4.92. The molecule has 0 radical (unpaired) electrons. The molecule has 198 valence electrons. The van der Waals surface area contributed by atoms with Crippen LogP contribution in [-0.4, -0.2) is 47.4 Å². The van der Waals surface area contributed by atoms with Gasteiger partial charge in [-0.1, -0.05) is 23.2 Å². The molecular weight excluding hydrogens is 534 g/mol. The quantitative estimate of drug-likeness (QED) is 0.499. The molecule has 2 amide bonds. The Hall–Kier alpha value is -2.40. The molecule has 1 aromatic heterocycles. The summed E-state index contributed by atoms with van der Waals surface area (Å²) < 4.78 is 52.6. The SMILES string of the molecule is Cc1cc(C(F)(F)F)cc(N2C(=O)[C@H]3OC(C)(C)O[C@H]3[C@H]2C(=O)N2CCCCc3c2ccc(Cl)c3Cl)n1. The highest BCUT2D eigenvalue weighted by Crippen LogP contribution is 2.43. The van der Waals surface area contributed by atoms with E-state index in [0.29, 0.717) is 40.7 Å². The van der Waals surface area contributed by atoms with Gasteiger partial charge in [-0.15, -0.1) is 0 Å². The number of benzene rings is 1. The van der Waals surface area contributed by atoms with Gasteiger partial charge in [0.05, 0.1) is 15.6 Å².